The molecule has 0 bridgehead atoms. The number of rotatable bonds is 6. The molecule has 2 unspecified atom stereocenters. The minimum atomic E-state index is -0.920. The zero-order valence-electron chi connectivity index (χ0n) is 11.5. The van der Waals surface area contributed by atoms with Crippen LogP contribution in [-0.4, -0.2) is 57.7 Å². The van der Waals surface area contributed by atoms with Crippen molar-refractivity contribution in [2.75, 3.05) is 19.3 Å². The number of amides is 2. The van der Waals surface area contributed by atoms with Gasteiger partial charge in [0.15, 0.2) is 0 Å². The molecule has 2 atom stereocenters. The van der Waals surface area contributed by atoms with Crippen LogP contribution in [0.4, 0.5) is 4.79 Å². The Bertz CT molecular complexity index is 349. The molecule has 1 aliphatic rings. The Kier molecular flexibility index (Phi) is 6.21. The van der Waals surface area contributed by atoms with E-state index < -0.39 is 12.0 Å². The summed E-state index contributed by atoms with van der Waals surface area (Å²) >= 11 is 1.54. The molecule has 0 aromatic carbocycles. The molecule has 1 N–H and O–H groups in total. The molecule has 5 nitrogen and oxygen atoms in total. The minimum Gasteiger partial charge on any atom is -0.480 e. The maximum atomic E-state index is 12.4. The number of carbonyl (C=O) groups excluding carboxylic acids is 1. The average Bonchev–Trinajstić information content (AvgIpc) is 2.81. The first kappa shape index (κ1) is 15.9. The van der Waals surface area contributed by atoms with Crippen molar-refractivity contribution < 1.29 is 14.7 Å². The maximum absolute atomic E-state index is 12.4. The molecule has 0 radical (unpaired) electrons. The topological polar surface area (TPSA) is 60.9 Å². The molecule has 1 fully saturated rings. The highest BCUT2D eigenvalue weighted by Gasteiger charge is 2.41. The molecule has 0 saturated carbocycles. The Hall–Kier alpha value is -1.17. The first-order valence-corrected chi connectivity index (χ1v) is 7.56. The van der Waals surface area contributed by atoms with Crippen molar-refractivity contribution in [1.29, 1.82) is 0 Å². The van der Waals surface area contributed by atoms with E-state index in [0.29, 0.717) is 12.3 Å². The predicted octanol–water partition coefficient (Wildman–Crippen LogP) is 2.24. The number of urea groups is 1. The first-order valence-electron chi connectivity index (χ1n) is 6.51. The SMILES string of the molecule is C=CCCCN(C)C(=O)N1C(CC)SCC1C(=O)O. The van der Waals surface area contributed by atoms with Crippen LogP contribution in [0.2, 0.25) is 0 Å². The van der Waals surface area contributed by atoms with Crippen LogP contribution < -0.4 is 0 Å². The van der Waals surface area contributed by atoms with Crippen molar-refractivity contribution in [1.82, 2.24) is 9.80 Å². The van der Waals surface area contributed by atoms with Gasteiger partial charge in [0.1, 0.15) is 6.04 Å². The Morgan fingerprint density at radius 2 is 2.26 bits per heavy atom. The number of aliphatic carboxylic acids is 1. The van der Waals surface area contributed by atoms with Crippen molar-refractivity contribution in [2.24, 2.45) is 0 Å². The molecular weight excluding hydrogens is 264 g/mol. The van der Waals surface area contributed by atoms with Crippen molar-refractivity contribution in [3.8, 4) is 0 Å². The number of allylic oxidation sites excluding steroid dienone is 1. The van der Waals surface area contributed by atoms with Crippen LogP contribution in [0.5, 0.6) is 0 Å². The van der Waals surface area contributed by atoms with Gasteiger partial charge in [0, 0.05) is 19.3 Å². The van der Waals surface area contributed by atoms with Crippen molar-refractivity contribution in [3.63, 3.8) is 0 Å². The number of nitrogens with zero attached hydrogens (tertiary/aromatic N) is 2. The average molecular weight is 286 g/mol. The lowest BCUT2D eigenvalue weighted by atomic mass is 10.2. The third kappa shape index (κ3) is 3.89. The van der Waals surface area contributed by atoms with Crippen LogP contribution in [0.25, 0.3) is 0 Å². The smallest absolute Gasteiger partial charge is 0.327 e. The van der Waals surface area contributed by atoms with E-state index in [1.165, 1.54) is 4.90 Å². The van der Waals surface area contributed by atoms with Crippen molar-refractivity contribution >= 4 is 23.8 Å². The second kappa shape index (κ2) is 7.43. The van der Waals surface area contributed by atoms with Gasteiger partial charge in [-0.25, -0.2) is 9.59 Å². The van der Waals surface area contributed by atoms with Crippen LogP contribution in [0.3, 0.4) is 0 Å². The van der Waals surface area contributed by atoms with Crippen LogP contribution in [0, 0.1) is 0 Å². The van der Waals surface area contributed by atoms with E-state index in [9.17, 15) is 14.7 Å². The first-order chi connectivity index (χ1) is 9.02. The molecule has 0 aromatic rings. The predicted molar refractivity (Wildman–Crippen MR) is 77.3 cm³/mol. The molecule has 0 spiro atoms. The summed E-state index contributed by atoms with van der Waals surface area (Å²) in [6, 6.07) is -0.891. The monoisotopic (exact) mass is 286 g/mol. The zero-order valence-corrected chi connectivity index (χ0v) is 12.4. The Balaban J connectivity index is 2.69. The highest BCUT2D eigenvalue weighted by molar-refractivity contribution is 8.00. The van der Waals surface area contributed by atoms with E-state index in [1.54, 1.807) is 23.7 Å². The molecule has 108 valence electrons. The lowest BCUT2D eigenvalue weighted by Gasteiger charge is -2.31. The van der Waals surface area contributed by atoms with E-state index in [0.717, 1.165) is 19.3 Å². The van der Waals surface area contributed by atoms with Gasteiger partial charge < -0.3 is 10.0 Å². The number of thioether (sulfide) groups is 1. The van der Waals surface area contributed by atoms with Gasteiger partial charge in [-0.1, -0.05) is 13.0 Å². The van der Waals surface area contributed by atoms with Gasteiger partial charge >= 0.3 is 12.0 Å². The van der Waals surface area contributed by atoms with Crippen LogP contribution >= 0.6 is 11.8 Å². The molecule has 1 rings (SSSR count). The second-order valence-corrected chi connectivity index (χ2v) is 5.80. The van der Waals surface area contributed by atoms with E-state index >= 15 is 0 Å². The van der Waals surface area contributed by atoms with Gasteiger partial charge in [0.2, 0.25) is 0 Å². The summed E-state index contributed by atoms with van der Waals surface area (Å²) < 4.78 is 0. The third-order valence-electron chi connectivity index (χ3n) is 3.18. The van der Waals surface area contributed by atoms with E-state index in [1.807, 2.05) is 13.0 Å². The fourth-order valence-electron chi connectivity index (χ4n) is 2.09. The molecule has 19 heavy (non-hydrogen) atoms. The lowest BCUT2D eigenvalue weighted by molar-refractivity contribution is -0.141. The van der Waals surface area contributed by atoms with E-state index in [4.69, 9.17) is 0 Å². The molecule has 6 heteroatoms. The Labute approximate surface area is 118 Å². The molecule has 1 saturated heterocycles. The Morgan fingerprint density at radius 3 is 2.79 bits per heavy atom. The molecule has 1 heterocycles. The number of unbranched alkanes of at least 4 members (excludes halogenated alkanes) is 1. The number of carboxylic acid groups (broad SMARTS) is 1. The number of carboxylic acids is 1. The fraction of sp³-hybridized carbons (Fsp3) is 0.692. The van der Waals surface area contributed by atoms with Crippen molar-refractivity contribution in [2.45, 2.75) is 37.6 Å². The highest BCUT2D eigenvalue weighted by atomic mass is 32.2. The van der Waals surface area contributed by atoms with Gasteiger partial charge in [-0.05, 0) is 19.3 Å². The number of hydrogen-bond acceptors (Lipinski definition) is 3. The second-order valence-electron chi connectivity index (χ2n) is 4.59. The molecular formula is C13H22N2O3S. The summed E-state index contributed by atoms with van der Waals surface area (Å²) in [5.74, 6) is -0.448. The molecule has 2 amide bonds. The minimum absolute atomic E-state index is 0.0320. The Morgan fingerprint density at radius 1 is 1.58 bits per heavy atom. The summed E-state index contributed by atoms with van der Waals surface area (Å²) in [5, 5.41) is 9.17. The van der Waals surface area contributed by atoms with Crippen LogP contribution in [0.15, 0.2) is 12.7 Å². The highest BCUT2D eigenvalue weighted by Crippen LogP contribution is 2.32. The van der Waals surface area contributed by atoms with E-state index in [-0.39, 0.29) is 11.4 Å². The lowest BCUT2D eigenvalue weighted by Crippen LogP contribution is -2.50. The normalized spacial score (nSPS) is 22.3. The fourth-order valence-corrected chi connectivity index (χ4v) is 3.43. The number of carbonyl (C=O) groups is 2. The largest absolute Gasteiger partial charge is 0.480 e. The molecule has 1 aliphatic heterocycles. The van der Waals surface area contributed by atoms with Crippen molar-refractivity contribution in [3.05, 3.63) is 12.7 Å². The van der Waals surface area contributed by atoms with Gasteiger partial charge in [-0.15, -0.1) is 18.3 Å². The van der Waals surface area contributed by atoms with Gasteiger partial charge in [-0.2, -0.15) is 0 Å². The van der Waals surface area contributed by atoms with E-state index in [2.05, 4.69) is 6.58 Å². The van der Waals surface area contributed by atoms with Crippen LogP contribution in [0.1, 0.15) is 26.2 Å². The summed E-state index contributed by atoms with van der Waals surface area (Å²) in [5.41, 5.74) is 0. The summed E-state index contributed by atoms with van der Waals surface area (Å²) in [7, 11) is 1.72. The standard InChI is InChI=1S/C13H22N2O3S/c1-4-6-7-8-14(3)13(18)15-10(12(16)17)9-19-11(15)5-2/h4,10-11H,1,5-9H2,2-3H3,(H,16,17). The summed E-state index contributed by atoms with van der Waals surface area (Å²) in [4.78, 5) is 26.7. The molecule has 0 aromatic heterocycles. The maximum Gasteiger partial charge on any atom is 0.327 e. The van der Waals surface area contributed by atoms with Gasteiger partial charge in [0.25, 0.3) is 0 Å². The number of hydrogen-bond donors (Lipinski definition) is 1. The zero-order chi connectivity index (χ0) is 14.4. The quantitative estimate of drug-likeness (QED) is 0.601. The van der Waals surface area contributed by atoms with Crippen LogP contribution in [-0.2, 0) is 4.79 Å². The van der Waals surface area contributed by atoms with Gasteiger partial charge in [-0.3, -0.25) is 4.90 Å². The van der Waals surface area contributed by atoms with Gasteiger partial charge in [0.05, 0.1) is 5.37 Å². The summed E-state index contributed by atoms with van der Waals surface area (Å²) in [6.07, 6.45) is 4.28. The third-order valence-corrected chi connectivity index (χ3v) is 4.63. The molecule has 0 aliphatic carbocycles. The summed E-state index contributed by atoms with van der Waals surface area (Å²) in [6.45, 7) is 6.24.